The van der Waals surface area contributed by atoms with Crippen molar-refractivity contribution in [2.45, 2.75) is 0 Å². The molecule has 2 aromatic rings. The summed E-state index contributed by atoms with van der Waals surface area (Å²) < 4.78 is 0. The standard InChI is InChI=1S/C14H6Cl2N2O4/c15-7-3-5-6(4-8(7)16)14(20)12-10(18(21)22)2-1-9(17)11(12)13(5)19/h1-4H,17H2. The Labute approximate surface area is 133 Å². The minimum absolute atomic E-state index is 0.00401. The van der Waals surface area contributed by atoms with Crippen LogP contribution in [0.3, 0.4) is 0 Å². The molecule has 0 aromatic heterocycles. The third kappa shape index (κ3) is 1.88. The van der Waals surface area contributed by atoms with Gasteiger partial charge in [-0.3, -0.25) is 19.7 Å². The van der Waals surface area contributed by atoms with Crippen molar-refractivity contribution in [3.8, 4) is 0 Å². The Morgan fingerprint density at radius 3 is 1.95 bits per heavy atom. The predicted molar refractivity (Wildman–Crippen MR) is 80.8 cm³/mol. The van der Waals surface area contributed by atoms with Crippen molar-refractivity contribution in [1.29, 1.82) is 0 Å². The van der Waals surface area contributed by atoms with Crippen molar-refractivity contribution in [2.75, 3.05) is 5.73 Å². The summed E-state index contributed by atoms with van der Waals surface area (Å²) in [7, 11) is 0. The lowest BCUT2D eigenvalue weighted by Gasteiger charge is -2.19. The zero-order chi connectivity index (χ0) is 16.2. The number of halogens is 2. The number of hydrogen-bond acceptors (Lipinski definition) is 5. The molecule has 8 heteroatoms. The number of nitro groups is 1. The summed E-state index contributed by atoms with van der Waals surface area (Å²) in [5.41, 5.74) is 4.76. The van der Waals surface area contributed by atoms with Crippen molar-refractivity contribution in [3.05, 3.63) is 66.7 Å². The molecule has 1 aliphatic carbocycles. The third-order valence-corrected chi connectivity index (χ3v) is 4.14. The summed E-state index contributed by atoms with van der Waals surface area (Å²) in [6.07, 6.45) is 0. The minimum atomic E-state index is -0.730. The summed E-state index contributed by atoms with van der Waals surface area (Å²) in [6.45, 7) is 0. The number of nitrogen functional groups attached to an aromatic ring is 1. The molecule has 0 bridgehead atoms. The van der Waals surface area contributed by atoms with Crippen LogP contribution in [0.4, 0.5) is 11.4 Å². The Morgan fingerprint density at radius 1 is 0.955 bits per heavy atom. The van der Waals surface area contributed by atoms with Gasteiger partial charge in [0.15, 0.2) is 5.78 Å². The average Bonchev–Trinajstić information content (AvgIpc) is 2.46. The number of anilines is 1. The molecule has 0 saturated carbocycles. The number of benzene rings is 2. The first-order valence-electron chi connectivity index (χ1n) is 5.98. The van der Waals surface area contributed by atoms with Gasteiger partial charge in [0.05, 0.1) is 20.5 Å². The summed E-state index contributed by atoms with van der Waals surface area (Å²) >= 11 is 11.7. The number of rotatable bonds is 1. The molecule has 0 atom stereocenters. The molecule has 22 heavy (non-hydrogen) atoms. The first-order valence-corrected chi connectivity index (χ1v) is 6.73. The van der Waals surface area contributed by atoms with Gasteiger partial charge in [-0.2, -0.15) is 0 Å². The fourth-order valence-corrected chi connectivity index (χ4v) is 2.75. The molecule has 0 unspecified atom stereocenters. The second-order valence-corrected chi connectivity index (χ2v) is 5.47. The van der Waals surface area contributed by atoms with Crippen LogP contribution in [-0.2, 0) is 0 Å². The SMILES string of the molecule is Nc1ccc([N+](=O)[O-])c2c1C(=O)c1cc(Cl)c(Cl)cc1C2=O. The van der Waals surface area contributed by atoms with Crippen LogP contribution in [0, 0.1) is 10.1 Å². The van der Waals surface area contributed by atoms with Gasteiger partial charge in [0.1, 0.15) is 5.56 Å². The molecule has 0 saturated heterocycles. The van der Waals surface area contributed by atoms with Gasteiger partial charge in [-0.05, 0) is 18.2 Å². The average molecular weight is 337 g/mol. The van der Waals surface area contributed by atoms with E-state index < -0.39 is 22.2 Å². The number of nitro benzene ring substituents is 1. The zero-order valence-electron chi connectivity index (χ0n) is 10.7. The van der Waals surface area contributed by atoms with Gasteiger partial charge < -0.3 is 5.73 Å². The Kier molecular flexibility index (Phi) is 3.16. The molecule has 1 aliphatic rings. The van der Waals surface area contributed by atoms with E-state index in [1.807, 2.05) is 0 Å². The van der Waals surface area contributed by atoms with Gasteiger partial charge in [0.25, 0.3) is 5.69 Å². The Bertz CT molecular complexity index is 893. The molecule has 110 valence electrons. The maximum atomic E-state index is 12.6. The van der Waals surface area contributed by atoms with Crippen LogP contribution < -0.4 is 5.73 Å². The van der Waals surface area contributed by atoms with Crippen LogP contribution in [-0.4, -0.2) is 16.5 Å². The number of hydrogen-bond donors (Lipinski definition) is 1. The van der Waals surface area contributed by atoms with E-state index in [1.54, 1.807) is 0 Å². The van der Waals surface area contributed by atoms with Gasteiger partial charge in [0, 0.05) is 22.9 Å². The van der Waals surface area contributed by atoms with Crippen molar-refractivity contribution < 1.29 is 14.5 Å². The molecule has 0 aliphatic heterocycles. The molecule has 0 heterocycles. The Hall–Kier alpha value is -2.44. The van der Waals surface area contributed by atoms with E-state index in [-0.39, 0.29) is 38.0 Å². The minimum Gasteiger partial charge on any atom is -0.398 e. The van der Waals surface area contributed by atoms with E-state index in [9.17, 15) is 19.7 Å². The van der Waals surface area contributed by atoms with Gasteiger partial charge >= 0.3 is 0 Å². The van der Waals surface area contributed by atoms with Crippen molar-refractivity contribution >= 4 is 46.1 Å². The summed E-state index contributed by atoms with van der Waals surface area (Å²) in [4.78, 5) is 35.5. The highest BCUT2D eigenvalue weighted by molar-refractivity contribution is 6.43. The number of nitrogens with two attached hydrogens (primary N) is 1. The smallest absolute Gasteiger partial charge is 0.281 e. The van der Waals surface area contributed by atoms with Crippen LogP contribution in [0.2, 0.25) is 10.0 Å². The van der Waals surface area contributed by atoms with Gasteiger partial charge in [-0.1, -0.05) is 23.2 Å². The molecule has 6 nitrogen and oxygen atoms in total. The lowest BCUT2D eigenvalue weighted by Crippen LogP contribution is -2.23. The van der Waals surface area contributed by atoms with E-state index >= 15 is 0 Å². The van der Waals surface area contributed by atoms with E-state index in [4.69, 9.17) is 28.9 Å². The predicted octanol–water partition coefficient (Wildman–Crippen LogP) is 3.26. The molecule has 2 N–H and O–H groups in total. The number of carbonyl (C=O) groups excluding carboxylic acids is 2. The van der Waals surface area contributed by atoms with Crippen LogP contribution >= 0.6 is 23.2 Å². The number of nitrogens with zero attached hydrogens (tertiary/aromatic N) is 1. The molecule has 0 radical (unpaired) electrons. The number of ketones is 2. The van der Waals surface area contributed by atoms with E-state index in [1.165, 1.54) is 18.2 Å². The maximum Gasteiger partial charge on any atom is 0.281 e. The van der Waals surface area contributed by atoms with Gasteiger partial charge in [0.2, 0.25) is 5.78 Å². The summed E-state index contributed by atoms with van der Waals surface area (Å²) in [5.74, 6) is -1.27. The summed E-state index contributed by atoms with van der Waals surface area (Å²) in [6, 6.07) is 4.82. The number of carbonyl (C=O) groups is 2. The van der Waals surface area contributed by atoms with Crippen molar-refractivity contribution in [2.24, 2.45) is 0 Å². The Morgan fingerprint density at radius 2 is 1.45 bits per heavy atom. The maximum absolute atomic E-state index is 12.6. The van der Waals surface area contributed by atoms with Crippen molar-refractivity contribution in [1.82, 2.24) is 0 Å². The van der Waals surface area contributed by atoms with Crippen LogP contribution in [0.15, 0.2) is 24.3 Å². The molecule has 2 aromatic carbocycles. The van der Waals surface area contributed by atoms with Gasteiger partial charge in [-0.15, -0.1) is 0 Å². The molecule has 0 spiro atoms. The van der Waals surface area contributed by atoms with Crippen molar-refractivity contribution in [3.63, 3.8) is 0 Å². The van der Waals surface area contributed by atoms with Gasteiger partial charge in [-0.25, -0.2) is 0 Å². The quantitative estimate of drug-likeness (QED) is 0.417. The molecular formula is C14H6Cl2N2O4. The fourth-order valence-electron chi connectivity index (χ4n) is 2.43. The highest BCUT2D eigenvalue weighted by atomic mass is 35.5. The van der Waals surface area contributed by atoms with Crippen LogP contribution in [0.25, 0.3) is 0 Å². The molecule has 0 amide bonds. The number of fused-ring (bicyclic) bond motifs is 2. The molecular weight excluding hydrogens is 331 g/mol. The monoisotopic (exact) mass is 336 g/mol. The third-order valence-electron chi connectivity index (χ3n) is 3.42. The highest BCUT2D eigenvalue weighted by Crippen LogP contribution is 2.38. The lowest BCUT2D eigenvalue weighted by molar-refractivity contribution is -0.385. The molecule has 0 fully saturated rings. The topological polar surface area (TPSA) is 103 Å². The largest absolute Gasteiger partial charge is 0.398 e. The first kappa shape index (κ1) is 14.5. The normalized spacial score (nSPS) is 12.8. The molecule has 3 rings (SSSR count). The van der Waals surface area contributed by atoms with Crippen LogP contribution in [0.5, 0.6) is 0 Å². The lowest BCUT2D eigenvalue weighted by atomic mass is 9.82. The van der Waals surface area contributed by atoms with E-state index in [0.717, 1.165) is 6.07 Å². The van der Waals surface area contributed by atoms with Crippen LogP contribution in [0.1, 0.15) is 31.8 Å². The van der Waals surface area contributed by atoms with E-state index in [2.05, 4.69) is 0 Å². The second kappa shape index (κ2) is 4.79. The fraction of sp³-hybridized carbons (Fsp3) is 0. The zero-order valence-corrected chi connectivity index (χ0v) is 12.2. The summed E-state index contributed by atoms with van der Waals surface area (Å²) in [5, 5.41) is 11.3. The van der Waals surface area contributed by atoms with E-state index in [0.29, 0.717) is 0 Å². The first-order chi connectivity index (χ1) is 10.3. The Balaban J connectivity index is 2.41. The highest BCUT2D eigenvalue weighted by Gasteiger charge is 2.37. The second-order valence-electron chi connectivity index (χ2n) is 4.65.